The summed E-state index contributed by atoms with van der Waals surface area (Å²) in [4.78, 5) is 24.2. The molecule has 1 aliphatic rings. The lowest BCUT2D eigenvalue weighted by atomic mass is 10.1. The van der Waals surface area contributed by atoms with Crippen LogP contribution in [0.4, 0.5) is 5.69 Å². The van der Waals surface area contributed by atoms with Crippen LogP contribution < -0.4 is 10.6 Å². The Morgan fingerprint density at radius 3 is 2.52 bits per heavy atom. The third-order valence-electron chi connectivity index (χ3n) is 4.25. The standard InChI is InChI=1S/C19H18Cl2N2O2/c1-11-2-7-17(16(21)8-11)23-18(24)10-22-19(25)15-9-14(15)12-3-5-13(20)6-4-12/h2-8,14-15H,9-10H2,1H3,(H,22,25)(H,23,24). The van der Waals surface area contributed by atoms with Crippen LogP contribution >= 0.6 is 23.2 Å². The molecule has 130 valence electrons. The highest BCUT2D eigenvalue weighted by Crippen LogP contribution is 2.47. The molecule has 2 amide bonds. The van der Waals surface area contributed by atoms with E-state index in [0.29, 0.717) is 15.7 Å². The number of aryl methyl sites for hydroxylation is 1. The van der Waals surface area contributed by atoms with Gasteiger partial charge in [-0.25, -0.2) is 0 Å². The topological polar surface area (TPSA) is 58.2 Å². The van der Waals surface area contributed by atoms with Crippen molar-refractivity contribution in [2.24, 2.45) is 5.92 Å². The predicted octanol–water partition coefficient (Wildman–Crippen LogP) is 4.16. The third kappa shape index (κ3) is 4.53. The van der Waals surface area contributed by atoms with Gasteiger partial charge in [-0.3, -0.25) is 9.59 Å². The molecule has 0 radical (unpaired) electrons. The van der Waals surface area contributed by atoms with Crippen LogP contribution in [0.5, 0.6) is 0 Å². The van der Waals surface area contributed by atoms with Gasteiger partial charge in [0.15, 0.2) is 0 Å². The second-order valence-corrected chi connectivity index (χ2v) is 7.09. The first-order valence-corrected chi connectivity index (χ1v) is 8.79. The summed E-state index contributed by atoms with van der Waals surface area (Å²) in [6, 6.07) is 12.9. The van der Waals surface area contributed by atoms with Crippen LogP contribution in [-0.4, -0.2) is 18.4 Å². The van der Waals surface area contributed by atoms with Gasteiger partial charge in [0.25, 0.3) is 0 Å². The molecule has 2 aromatic rings. The Morgan fingerprint density at radius 2 is 1.84 bits per heavy atom. The molecule has 0 heterocycles. The van der Waals surface area contributed by atoms with Gasteiger partial charge in [-0.1, -0.05) is 41.4 Å². The number of amides is 2. The van der Waals surface area contributed by atoms with Crippen LogP contribution in [0.25, 0.3) is 0 Å². The molecule has 2 N–H and O–H groups in total. The molecule has 2 atom stereocenters. The first kappa shape index (κ1) is 17.8. The maximum atomic E-state index is 12.2. The van der Waals surface area contributed by atoms with Gasteiger partial charge in [-0.2, -0.15) is 0 Å². The SMILES string of the molecule is Cc1ccc(NC(=O)CNC(=O)C2CC2c2ccc(Cl)cc2)c(Cl)c1. The second kappa shape index (κ2) is 7.46. The molecular weight excluding hydrogens is 359 g/mol. The minimum absolute atomic E-state index is 0.0765. The number of carbonyl (C=O) groups is 2. The van der Waals surface area contributed by atoms with Crippen LogP contribution in [0.3, 0.4) is 0 Å². The van der Waals surface area contributed by atoms with Gasteiger partial charge in [0.2, 0.25) is 11.8 Å². The quantitative estimate of drug-likeness (QED) is 0.822. The Bertz CT molecular complexity index is 806. The molecule has 0 aliphatic heterocycles. The molecule has 25 heavy (non-hydrogen) atoms. The molecule has 3 rings (SSSR count). The third-order valence-corrected chi connectivity index (χ3v) is 4.81. The van der Waals surface area contributed by atoms with Gasteiger partial charge in [0, 0.05) is 10.9 Å². The molecule has 6 heteroatoms. The molecule has 0 spiro atoms. The highest BCUT2D eigenvalue weighted by molar-refractivity contribution is 6.33. The summed E-state index contributed by atoms with van der Waals surface area (Å²) in [6.07, 6.45) is 0.791. The van der Waals surface area contributed by atoms with Crippen molar-refractivity contribution in [3.05, 3.63) is 63.6 Å². The zero-order chi connectivity index (χ0) is 18.0. The Labute approximate surface area is 156 Å². The normalized spacial score (nSPS) is 18.5. The van der Waals surface area contributed by atoms with E-state index in [1.807, 2.05) is 37.3 Å². The van der Waals surface area contributed by atoms with Crippen molar-refractivity contribution in [2.75, 3.05) is 11.9 Å². The van der Waals surface area contributed by atoms with Crippen molar-refractivity contribution in [2.45, 2.75) is 19.3 Å². The molecule has 1 saturated carbocycles. The van der Waals surface area contributed by atoms with Crippen LogP contribution in [0.1, 0.15) is 23.5 Å². The fourth-order valence-electron chi connectivity index (χ4n) is 2.78. The lowest BCUT2D eigenvalue weighted by Crippen LogP contribution is -2.34. The average Bonchev–Trinajstić information content (AvgIpc) is 3.37. The van der Waals surface area contributed by atoms with Crippen LogP contribution in [0.2, 0.25) is 10.0 Å². The first-order chi connectivity index (χ1) is 11.9. The predicted molar refractivity (Wildman–Crippen MR) is 100 cm³/mol. The summed E-state index contributed by atoms with van der Waals surface area (Å²) in [6.45, 7) is 1.84. The molecule has 4 nitrogen and oxygen atoms in total. The van der Waals surface area contributed by atoms with E-state index in [1.165, 1.54) is 0 Å². The molecule has 0 bridgehead atoms. The lowest BCUT2D eigenvalue weighted by Gasteiger charge is -2.09. The summed E-state index contributed by atoms with van der Waals surface area (Å²) in [5.74, 6) is -0.295. The van der Waals surface area contributed by atoms with Gasteiger partial charge < -0.3 is 10.6 Å². The van der Waals surface area contributed by atoms with Crippen LogP contribution in [0.15, 0.2) is 42.5 Å². The fraction of sp³-hybridized carbons (Fsp3) is 0.263. The van der Waals surface area contributed by atoms with Gasteiger partial charge in [-0.05, 0) is 54.7 Å². The fourth-order valence-corrected chi connectivity index (χ4v) is 3.19. The molecular formula is C19H18Cl2N2O2. The number of nitrogens with one attached hydrogen (secondary N) is 2. The Morgan fingerprint density at radius 1 is 1.12 bits per heavy atom. The summed E-state index contributed by atoms with van der Waals surface area (Å²) >= 11 is 12.0. The van der Waals surface area contributed by atoms with Crippen molar-refractivity contribution in [3.8, 4) is 0 Å². The van der Waals surface area contributed by atoms with E-state index >= 15 is 0 Å². The van der Waals surface area contributed by atoms with E-state index in [0.717, 1.165) is 17.5 Å². The van der Waals surface area contributed by atoms with Crippen LogP contribution in [-0.2, 0) is 9.59 Å². The van der Waals surface area contributed by atoms with E-state index in [2.05, 4.69) is 10.6 Å². The smallest absolute Gasteiger partial charge is 0.243 e. The average molecular weight is 377 g/mol. The second-order valence-electron chi connectivity index (χ2n) is 6.25. The van der Waals surface area contributed by atoms with E-state index in [1.54, 1.807) is 12.1 Å². The minimum Gasteiger partial charge on any atom is -0.347 e. The van der Waals surface area contributed by atoms with Gasteiger partial charge in [0.1, 0.15) is 0 Å². The lowest BCUT2D eigenvalue weighted by molar-refractivity contribution is -0.125. The molecule has 2 aromatic carbocycles. The summed E-state index contributed by atoms with van der Waals surface area (Å²) in [5.41, 5.74) is 2.65. The monoisotopic (exact) mass is 376 g/mol. The molecule has 2 unspecified atom stereocenters. The zero-order valence-electron chi connectivity index (χ0n) is 13.7. The maximum absolute atomic E-state index is 12.2. The van der Waals surface area contributed by atoms with E-state index in [9.17, 15) is 9.59 Å². The van der Waals surface area contributed by atoms with Crippen molar-refractivity contribution < 1.29 is 9.59 Å². The Hall–Kier alpha value is -2.04. The number of benzene rings is 2. The number of rotatable bonds is 5. The Balaban J connectivity index is 1.48. The number of carbonyl (C=O) groups excluding carboxylic acids is 2. The largest absolute Gasteiger partial charge is 0.347 e. The summed E-state index contributed by atoms with van der Waals surface area (Å²) < 4.78 is 0. The summed E-state index contributed by atoms with van der Waals surface area (Å²) in [7, 11) is 0. The molecule has 0 saturated heterocycles. The van der Waals surface area contributed by atoms with Gasteiger partial charge >= 0.3 is 0 Å². The minimum atomic E-state index is -0.303. The maximum Gasteiger partial charge on any atom is 0.243 e. The first-order valence-electron chi connectivity index (χ1n) is 8.03. The Kier molecular flexibility index (Phi) is 5.30. The van der Waals surface area contributed by atoms with E-state index < -0.39 is 0 Å². The highest BCUT2D eigenvalue weighted by Gasteiger charge is 2.43. The highest BCUT2D eigenvalue weighted by atomic mass is 35.5. The molecule has 1 aliphatic carbocycles. The molecule has 0 aromatic heterocycles. The van der Waals surface area contributed by atoms with Gasteiger partial charge in [-0.15, -0.1) is 0 Å². The van der Waals surface area contributed by atoms with Gasteiger partial charge in [0.05, 0.1) is 17.3 Å². The number of anilines is 1. The van der Waals surface area contributed by atoms with Crippen molar-refractivity contribution >= 4 is 40.7 Å². The molecule has 1 fully saturated rings. The number of hydrogen-bond donors (Lipinski definition) is 2. The van der Waals surface area contributed by atoms with Crippen molar-refractivity contribution in [1.29, 1.82) is 0 Å². The van der Waals surface area contributed by atoms with Crippen LogP contribution in [0, 0.1) is 12.8 Å². The number of hydrogen-bond acceptors (Lipinski definition) is 2. The van der Waals surface area contributed by atoms with Crippen molar-refractivity contribution in [1.82, 2.24) is 5.32 Å². The zero-order valence-corrected chi connectivity index (χ0v) is 15.2. The van der Waals surface area contributed by atoms with Crippen molar-refractivity contribution in [3.63, 3.8) is 0 Å². The number of halogens is 2. The van der Waals surface area contributed by atoms with E-state index in [4.69, 9.17) is 23.2 Å². The summed E-state index contributed by atoms with van der Waals surface area (Å²) in [5, 5.41) is 6.54. The van der Waals surface area contributed by atoms with E-state index in [-0.39, 0.29) is 30.2 Å².